The van der Waals surface area contributed by atoms with Crippen molar-refractivity contribution in [2.45, 2.75) is 154 Å². The van der Waals surface area contributed by atoms with Gasteiger partial charge >= 0.3 is 0 Å². The highest BCUT2D eigenvalue weighted by Crippen LogP contribution is 2.30. The number of H-pyrrole nitrogens is 2. The second kappa shape index (κ2) is 23.8. The monoisotopic (exact) mass is 867 g/mol. The van der Waals surface area contributed by atoms with Crippen LogP contribution in [-0.4, -0.2) is 118 Å². The molecule has 8 heteroatoms. The molecule has 346 valence electrons. The van der Waals surface area contributed by atoms with E-state index in [0.717, 1.165) is 48.5 Å². The smallest absolute Gasteiger partial charge is 0.0691 e. The van der Waals surface area contributed by atoms with Crippen LogP contribution in [0.5, 0.6) is 0 Å². The largest absolute Gasteiger partial charge is 0.355 e. The predicted molar refractivity (Wildman–Crippen MR) is 272 cm³/mol. The van der Waals surface area contributed by atoms with Gasteiger partial charge < -0.3 is 29.6 Å². The molecule has 0 spiro atoms. The third kappa shape index (κ3) is 12.5. The quantitative estimate of drug-likeness (QED) is 0.0602. The molecule has 0 atom stereocenters. The minimum Gasteiger partial charge on any atom is -0.355 e. The van der Waals surface area contributed by atoms with Gasteiger partial charge in [0.05, 0.1) is 22.8 Å². The van der Waals surface area contributed by atoms with Gasteiger partial charge in [0.25, 0.3) is 0 Å². The Morgan fingerprint density at radius 3 is 0.906 bits per heavy atom. The minimum atomic E-state index is 1.01. The molecule has 4 saturated heterocycles. The number of unbranched alkanes of at least 4 members (excludes halogenated alkanes) is 8. The van der Waals surface area contributed by atoms with Gasteiger partial charge in [0.1, 0.15) is 0 Å². The molecule has 2 N–H and O–H groups in total. The number of rotatable bonds is 24. The number of hydrogen-bond donors (Lipinski definition) is 2. The number of aromatic amines is 2. The molecular formula is C56H82N8. The highest BCUT2D eigenvalue weighted by molar-refractivity contribution is 5.83. The number of fused-ring (bicyclic) bond motifs is 8. The third-order valence-electron chi connectivity index (χ3n) is 15.6. The van der Waals surface area contributed by atoms with Crippen molar-refractivity contribution in [2.75, 3.05) is 78.5 Å². The lowest BCUT2D eigenvalue weighted by atomic mass is 10.0. The summed E-state index contributed by atoms with van der Waals surface area (Å²) in [5, 5.41) is 0. The van der Waals surface area contributed by atoms with Crippen LogP contribution in [0.1, 0.15) is 173 Å². The molecule has 3 aromatic rings. The summed E-state index contributed by atoms with van der Waals surface area (Å²) in [6.45, 7) is 15.3. The molecule has 9 rings (SSSR count). The van der Waals surface area contributed by atoms with Gasteiger partial charge in [-0.05, 0) is 261 Å². The van der Waals surface area contributed by atoms with E-state index in [9.17, 15) is 0 Å². The van der Waals surface area contributed by atoms with E-state index >= 15 is 0 Å². The fourth-order valence-corrected chi connectivity index (χ4v) is 11.8. The van der Waals surface area contributed by atoms with Crippen LogP contribution in [0.4, 0.5) is 0 Å². The molecular weight excluding hydrogens is 785 g/mol. The van der Waals surface area contributed by atoms with Gasteiger partial charge in [0.15, 0.2) is 0 Å². The van der Waals surface area contributed by atoms with Gasteiger partial charge in [-0.3, -0.25) is 0 Å². The van der Waals surface area contributed by atoms with Crippen molar-refractivity contribution in [3.63, 3.8) is 0 Å². The maximum atomic E-state index is 5.57. The average molecular weight is 867 g/mol. The Kier molecular flexibility index (Phi) is 16.9. The van der Waals surface area contributed by atoms with E-state index in [1.165, 1.54) is 251 Å². The summed E-state index contributed by atoms with van der Waals surface area (Å²) >= 11 is 0. The molecule has 64 heavy (non-hydrogen) atoms. The van der Waals surface area contributed by atoms with Crippen molar-refractivity contribution in [3.8, 4) is 0 Å². The standard InChI is InChI=1S/C56H82N8/c1(9-33-61-37-13-14-38-61)5-21-45-49-25-27-51(57-49)46(22-6-2-10-34-62-39-15-16-40-62)53-29-31-55(59-53)48(24-8-4-12-36-64-43-19-20-44-64)56-32-30-54(60-56)47(52-28-26-50(45)58-52)23-7-3-11-35-63-41-17-18-42-63/h25-32,57-58H,1-24,33-44H2. The Morgan fingerprint density at radius 2 is 0.578 bits per heavy atom. The van der Waals surface area contributed by atoms with Gasteiger partial charge in [-0.1, -0.05) is 25.7 Å². The van der Waals surface area contributed by atoms with Crippen molar-refractivity contribution in [1.82, 2.24) is 39.5 Å². The molecule has 3 aromatic heterocycles. The van der Waals surface area contributed by atoms with Crippen LogP contribution in [0.3, 0.4) is 0 Å². The number of nitrogens with zero attached hydrogens (tertiary/aromatic N) is 6. The zero-order valence-electron chi connectivity index (χ0n) is 39.8. The minimum absolute atomic E-state index is 1.01. The summed E-state index contributed by atoms with van der Waals surface area (Å²) < 4.78 is 0. The Hall–Kier alpha value is -3.56. The average Bonchev–Trinajstić information content (AvgIpc) is 4.16. The summed E-state index contributed by atoms with van der Waals surface area (Å²) in [6.07, 6.45) is 39.3. The van der Waals surface area contributed by atoms with E-state index in [2.05, 4.69) is 78.1 Å². The Balaban J connectivity index is 1.06. The fourth-order valence-electron chi connectivity index (χ4n) is 11.8. The number of aryl methyl sites for hydroxylation is 3. The van der Waals surface area contributed by atoms with Gasteiger partial charge in [-0.15, -0.1) is 0 Å². The van der Waals surface area contributed by atoms with Crippen LogP contribution in [0.25, 0.3) is 46.4 Å². The van der Waals surface area contributed by atoms with Gasteiger partial charge in [0, 0.05) is 38.8 Å². The van der Waals surface area contributed by atoms with Crippen molar-refractivity contribution in [2.24, 2.45) is 0 Å². The molecule has 0 radical (unpaired) electrons. The molecule has 0 saturated carbocycles. The first-order valence-electron chi connectivity index (χ1n) is 26.7. The van der Waals surface area contributed by atoms with Crippen LogP contribution in [0.15, 0.2) is 24.3 Å². The second-order valence-corrected chi connectivity index (χ2v) is 20.4. The SMILES string of the molecule is C1=Cc2nc1c(CCCCCN1CCCC1)c1nc(c(CCCCCN3CCCC3)c3ccc([nH]3)c(CCCCCN3CCCC3)c3ccc([nH]3)c2CCCCCN2CCCC2)C=C1. The molecule has 6 aliphatic heterocycles. The first kappa shape index (κ1) is 45.6. The number of hydrogen-bond acceptors (Lipinski definition) is 6. The van der Waals surface area contributed by atoms with Crippen LogP contribution < -0.4 is 0 Å². The van der Waals surface area contributed by atoms with E-state index in [0.29, 0.717) is 0 Å². The van der Waals surface area contributed by atoms with Crippen molar-refractivity contribution in [3.05, 3.63) is 69.3 Å². The number of nitrogens with one attached hydrogen (secondary N) is 2. The third-order valence-corrected chi connectivity index (χ3v) is 15.6. The fraction of sp³-hybridized carbons (Fsp3) is 0.643. The van der Waals surface area contributed by atoms with E-state index < -0.39 is 0 Å². The van der Waals surface area contributed by atoms with Gasteiger partial charge in [-0.25, -0.2) is 9.97 Å². The lowest BCUT2D eigenvalue weighted by Crippen LogP contribution is -2.20. The van der Waals surface area contributed by atoms with E-state index in [4.69, 9.17) is 9.97 Å². The zero-order valence-corrected chi connectivity index (χ0v) is 39.8. The first-order valence-corrected chi connectivity index (χ1v) is 26.7. The Labute approximate surface area is 386 Å². The summed E-state index contributed by atoms with van der Waals surface area (Å²) in [5.41, 5.74) is 15.0. The second-order valence-electron chi connectivity index (χ2n) is 20.4. The van der Waals surface area contributed by atoms with Crippen molar-refractivity contribution >= 4 is 46.4 Å². The number of aromatic nitrogens is 4. The van der Waals surface area contributed by atoms with Gasteiger partial charge in [0.2, 0.25) is 0 Å². The maximum Gasteiger partial charge on any atom is 0.0691 e. The molecule has 8 nitrogen and oxygen atoms in total. The summed E-state index contributed by atoms with van der Waals surface area (Å²) in [6, 6.07) is 9.49. The van der Waals surface area contributed by atoms with Crippen LogP contribution in [-0.2, 0) is 25.7 Å². The van der Waals surface area contributed by atoms with E-state index in [-0.39, 0.29) is 0 Å². The summed E-state index contributed by atoms with van der Waals surface area (Å²) in [5.74, 6) is 0. The summed E-state index contributed by atoms with van der Waals surface area (Å²) in [7, 11) is 0. The molecule has 4 fully saturated rings. The van der Waals surface area contributed by atoms with Crippen LogP contribution in [0.2, 0.25) is 0 Å². The molecule has 0 unspecified atom stereocenters. The molecule has 0 amide bonds. The topological polar surface area (TPSA) is 70.3 Å². The summed E-state index contributed by atoms with van der Waals surface area (Å²) in [4.78, 5) is 29.9. The van der Waals surface area contributed by atoms with E-state index in [1.54, 1.807) is 0 Å². The normalized spacial score (nSPS) is 18.5. The molecule has 0 aromatic carbocycles. The van der Waals surface area contributed by atoms with Crippen molar-refractivity contribution < 1.29 is 0 Å². The predicted octanol–water partition coefficient (Wildman–Crippen LogP) is 11.9. The van der Waals surface area contributed by atoms with Gasteiger partial charge in [-0.2, -0.15) is 0 Å². The van der Waals surface area contributed by atoms with Crippen LogP contribution in [0, 0.1) is 0 Å². The first-order chi connectivity index (χ1) is 31.7. The number of likely N-dealkylation sites (tertiary alicyclic amines) is 4. The lowest BCUT2D eigenvalue weighted by molar-refractivity contribution is 0.328. The molecule has 0 aliphatic carbocycles. The Morgan fingerprint density at radius 1 is 0.312 bits per heavy atom. The molecule has 6 aliphatic rings. The Bertz CT molecular complexity index is 2030. The van der Waals surface area contributed by atoms with Crippen molar-refractivity contribution in [1.29, 1.82) is 0 Å². The highest BCUT2D eigenvalue weighted by atomic mass is 15.1. The van der Waals surface area contributed by atoms with Crippen LogP contribution >= 0.6 is 0 Å². The molecule has 8 bridgehead atoms. The maximum absolute atomic E-state index is 5.57. The zero-order chi connectivity index (χ0) is 43.2. The molecule has 9 heterocycles. The lowest BCUT2D eigenvalue weighted by Gasteiger charge is -2.14. The highest BCUT2D eigenvalue weighted by Gasteiger charge is 2.19. The van der Waals surface area contributed by atoms with E-state index in [1.807, 2.05) is 0 Å².